The minimum absolute atomic E-state index is 0.195. The smallest absolute Gasteiger partial charge is 0.326 e. The average Bonchev–Trinajstić information content (AvgIpc) is 3.31. The molecule has 3 heterocycles. The lowest BCUT2D eigenvalue weighted by molar-refractivity contribution is -0.144. The Morgan fingerprint density at radius 2 is 1.71 bits per heavy atom. The maximum Gasteiger partial charge on any atom is 0.326 e. The van der Waals surface area contributed by atoms with E-state index in [1.165, 1.54) is 21.2 Å². The van der Waals surface area contributed by atoms with E-state index in [0.29, 0.717) is 26.9 Å². The Morgan fingerprint density at radius 1 is 1.00 bits per heavy atom. The molecule has 35 heavy (non-hydrogen) atoms. The second kappa shape index (κ2) is 9.35. The molecule has 0 aliphatic carbocycles. The summed E-state index contributed by atoms with van der Waals surface area (Å²) >= 11 is 2.16. The lowest BCUT2D eigenvalue weighted by atomic mass is 9.82. The summed E-state index contributed by atoms with van der Waals surface area (Å²) in [7, 11) is 1.54. The van der Waals surface area contributed by atoms with Crippen molar-refractivity contribution in [3.8, 4) is 5.75 Å². The third-order valence-corrected chi connectivity index (χ3v) is 8.73. The molecule has 3 aromatic rings. The Morgan fingerprint density at radius 3 is 2.43 bits per heavy atom. The van der Waals surface area contributed by atoms with E-state index in [1.807, 2.05) is 24.3 Å². The van der Waals surface area contributed by atoms with Crippen LogP contribution in [0.4, 0.5) is 5.69 Å². The van der Waals surface area contributed by atoms with Gasteiger partial charge < -0.3 is 9.47 Å². The Labute approximate surface area is 209 Å². The lowest BCUT2D eigenvalue weighted by Gasteiger charge is -2.31. The summed E-state index contributed by atoms with van der Waals surface area (Å²) in [4.78, 5) is 54.2. The van der Waals surface area contributed by atoms with Gasteiger partial charge >= 0.3 is 10.8 Å². The number of aromatic nitrogens is 1. The van der Waals surface area contributed by atoms with Crippen LogP contribution in [-0.4, -0.2) is 41.3 Å². The predicted molar refractivity (Wildman–Crippen MR) is 132 cm³/mol. The van der Waals surface area contributed by atoms with Crippen LogP contribution in [0.1, 0.15) is 23.3 Å². The van der Waals surface area contributed by atoms with Gasteiger partial charge in [-0.25, -0.2) is 4.90 Å². The molecule has 2 aromatic carbocycles. The minimum atomic E-state index is -0.757. The number of ether oxygens (including phenoxy) is 2. The van der Waals surface area contributed by atoms with Crippen LogP contribution < -0.4 is 14.5 Å². The molecule has 180 valence electrons. The third kappa shape index (κ3) is 3.86. The number of carbonyl (C=O) groups is 3. The summed E-state index contributed by atoms with van der Waals surface area (Å²) in [5.74, 6) is -1.96. The molecule has 0 bridgehead atoms. The Kier molecular flexibility index (Phi) is 6.24. The SMILES string of the molecule is CCOC(=O)Cn1c2c(sc1=O)[C@@H](c1ccccc1OC)[C@@H]1C(=O)N(c3ccccc3)C(=O)[C@@H]1S2. The van der Waals surface area contributed by atoms with Gasteiger partial charge in [0.25, 0.3) is 0 Å². The van der Waals surface area contributed by atoms with Gasteiger partial charge in [0.05, 0.1) is 30.3 Å². The number of amides is 2. The summed E-state index contributed by atoms with van der Waals surface area (Å²) in [6, 6.07) is 16.1. The number of hydrogen-bond donors (Lipinski definition) is 0. The number of methoxy groups -OCH3 is 1. The van der Waals surface area contributed by atoms with E-state index in [1.54, 1.807) is 44.4 Å². The highest BCUT2D eigenvalue weighted by Crippen LogP contribution is 2.55. The van der Waals surface area contributed by atoms with Crippen LogP contribution in [0.25, 0.3) is 0 Å². The molecule has 8 nitrogen and oxygen atoms in total. The second-order valence-electron chi connectivity index (χ2n) is 8.06. The van der Waals surface area contributed by atoms with Crippen LogP contribution >= 0.6 is 23.1 Å². The fourth-order valence-electron chi connectivity index (χ4n) is 4.68. The van der Waals surface area contributed by atoms with E-state index >= 15 is 0 Å². The number of para-hydroxylation sites is 2. The zero-order chi connectivity index (χ0) is 24.7. The van der Waals surface area contributed by atoms with Crippen molar-refractivity contribution in [3.63, 3.8) is 0 Å². The van der Waals surface area contributed by atoms with E-state index in [-0.39, 0.29) is 29.8 Å². The highest BCUT2D eigenvalue weighted by molar-refractivity contribution is 8.00. The summed E-state index contributed by atoms with van der Waals surface area (Å²) in [6.45, 7) is 1.63. The molecule has 2 aliphatic rings. The maximum atomic E-state index is 13.8. The largest absolute Gasteiger partial charge is 0.496 e. The highest BCUT2D eigenvalue weighted by atomic mass is 32.2. The lowest BCUT2D eigenvalue weighted by Crippen LogP contribution is -2.33. The second-order valence-corrected chi connectivity index (χ2v) is 10.2. The molecule has 0 N–H and O–H groups in total. The van der Waals surface area contributed by atoms with Gasteiger partial charge in [0.2, 0.25) is 11.8 Å². The van der Waals surface area contributed by atoms with Gasteiger partial charge in [0, 0.05) is 16.4 Å². The number of fused-ring (bicyclic) bond motifs is 2. The Bertz CT molecular complexity index is 1370. The molecule has 0 saturated carbocycles. The molecule has 1 fully saturated rings. The average molecular weight is 511 g/mol. The van der Waals surface area contributed by atoms with Crippen molar-refractivity contribution in [3.05, 3.63) is 74.7 Å². The van der Waals surface area contributed by atoms with Crippen LogP contribution in [0.5, 0.6) is 5.75 Å². The fourth-order valence-corrected chi connectivity index (χ4v) is 7.45. The molecule has 2 aliphatic heterocycles. The van der Waals surface area contributed by atoms with E-state index < -0.39 is 23.1 Å². The molecular weight excluding hydrogens is 488 g/mol. The summed E-state index contributed by atoms with van der Waals surface area (Å²) in [5, 5.41) is -0.242. The zero-order valence-corrected chi connectivity index (χ0v) is 20.6. The van der Waals surface area contributed by atoms with Crippen molar-refractivity contribution in [2.75, 3.05) is 18.6 Å². The van der Waals surface area contributed by atoms with Gasteiger partial charge in [-0.05, 0) is 25.1 Å². The van der Waals surface area contributed by atoms with Gasteiger partial charge in [-0.1, -0.05) is 59.5 Å². The van der Waals surface area contributed by atoms with Crippen LogP contribution in [0.2, 0.25) is 0 Å². The summed E-state index contributed by atoms with van der Waals surface area (Å²) < 4.78 is 12.0. The molecular formula is C25H22N2O6S2. The topological polar surface area (TPSA) is 94.9 Å². The first-order chi connectivity index (χ1) is 17.0. The summed E-state index contributed by atoms with van der Waals surface area (Å²) in [5.41, 5.74) is 1.22. The molecule has 0 spiro atoms. The fraction of sp³-hybridized carbons (Fsp3) is 0.280. The van der Waals surface area contributed by atoms with Crippen molar-refractivity contribution < 1.29 is 23.9 Å². The van der Waals surface area contributed by atoms with Gasteiger partial charge in [-0.15, -0.1) is 0 Å². The number of rotatable bonds is 6. The summed E-state index contributed by atoms with van der Waals surface area (Å²) in [6.07, 6.45) is 0. The Balaban J connectivity index is 1.68. The van der Waals surface area contributed by atoms with Crippen molar-refractivity contribution >= 4 is 46.6 Å². The van der Waals surface area contributed by atoms with Crippen LogP contribution in [0, 0.1) is 5.92 Å². The number of imide groups is 1. The molecule has 0 radical (unpaired) electrons. The first-order valence-corrected chi connectivity index (χ1v) is 12.8. The zero-order valence-electron chi connectivity index (χ0n) is 19.0. The standard InChI is InChI=1S/C25H22N2O6S2/c1-3-33-17(28)13-26-24-21(35-25(26)31)18(15-11-7-8-12-16(15)32-2)19-20(34-24)23(30)27(22(19)29)14-9-5-4-6-10-14/h4-12,18-20H,3,13H2,1-2H3/t18-,19-,20+/m0/s1. The van der Waals surface area contributed by atoms with Crippen molar-refractivity contribution in [1.82, 2.24) is 4.57 Å². The number of nitrogens with zero attached hydrogens (tertiary/aromatic N) is 2. The van der Waals surface area contributed by atoms with Crippen molar-refractivity contribution in [2.24, 2.45) is 5.92 Å². The van der Waals surface area contributed by atoms with Gasteiger partial charge in [0.1, 0.15) is 17.5 Å². The molecule has 5 rings (SSSR count). The number of thiazole rings is 1. The number of anilines is 1. The number of carbonyl (C=O) groups excluding carboxylic acids is 3. The molecule has 0 unspecified atom stereocenters. The van der Waals surface area contributed by atoms with Crippen molar-refractivity contribution in [2.45, 2.75) is 29.7 Å². The monoisotopic (exact) mass is 510 g/mol. The minimum Gasteiger partial charge on any atom is -0.496 e. The molecule has 2 amide bonds. The number of thioether (sulfide) groups is 1. The van der Waals surface area contributed by atoms with Gasteiger partial charge in [-0.3, -0.25) is 23.7 Å². The molecule has 10 heteroatoms. The molecule has 1 saturated heterocycles. The van der Waals surface area contributed by atoms with Gasteiger partial charge in [0.15, 0.2) is 0 Å². The highest BCUT2D eigenvalue weighted by Gasteiger charge is 2.57. The maximum absolute atomic E-state index is 13.8. The third-order valence-electron chi connectivity index (χ3n) is 6.13. The quantitative estimate of drug-likeness (QED) is 0.371. The first kappa shape index (κ1) is 23.4. The van der Waals surface area contributed by atoms with E-state index in [2.05, 4.69) is 0 Å². The van der Waals surface area contributed by atoms with Crippen LogP contribution in [0.15, 0.2) is 64.4 Å². The number of hydrogen-bond acceptors (Lipinski definition) is 8. The van der Waals surface area contributed by atoms with Crippen LogP contribution in [-0.2, 0) is 25.7 Å². The van der Waals surface area contributed by atoms with E-state index in [9.17, 15) is 19.2 Å². The Hall–Kier alpha value is -3.37. The molecule has 1 aromatic heterocycles. The van der Waals surface area contributed by atoms with Crippen LogP contribution in [0.3, 0.4) is 0 Å². The number of esters is 1. The number of benzene rings is 2. The van der Waals surface area contributed by atoms with E-state index in [0.717, 1.165) is 11.3 Å². The van der Waals surface area contributed by atoms with E-state index in [4.69, 9.17) is 9.47 Å². The molecule has 3 atom stereocenters. The van der Waals surface area contributed by atoms with Crippen molar-refractivity contribution in [1.29, 1.82) is 0 Å². The normalized spacial score (nSPS) is 21.0. The van der Waals surface area contributed by atoms with Gasteiger partial charge in [-0.2, -0.15) is 0 Å². The first-order valence-electron chi connectivity index (χ1n) is 11.1. The predicted octanol–water partition coefficient (Wildman–Crippen LogP) is 3.28.